The Morgan fingerprint density at radius 1 is 1.21 bits per heavy atom. The standard InChI is InChI=1S/C15H16N2O2/c1-17(13-6-3-7-14(18)9-13)15(19)12-5-2-4-11(8-12)10-16/h2-9,18H,10,16H2,1H3. The second-order valence-corrected chi connectivity index (χ2v) is 4.29. The van der Waals surface area contributed by atoms with Crippen LogP contribution in [-0.2, 0) is 6.54 Å². The smallest absolute Gasteiger partial charge is 0.258 e. The lowest BCUT2D eigenvalue weighted by atomic mass is 10.1. The molecule has 4 heteroatoms. The Labute approximate surface area is 112 Å². The molecule has 0 aliphatic rings. The molecule has 2 aromatic carbocycles. The first kappa shape index (κ1) is 13.1. The van der Waals surface area contributed by atoms with Crippen molar-refractivity contribution in [1.29, 1.82) is 0 Å². The van der Waals surface area contributed by atoms with Crippen LogP contribution >= 0.6 is 0 Å². The van der Waals surface area contributed by atoms with E-state index in [0.29, 0.717) is 17.8 Å². The van der Waals surface area contributed by atoms with Crippen molar-refractivity contribution in [3.63, 3.8) is 0 Å². The molecule has 0 bridgehead atoms. The molecular weight excluding hydrogens is 240 g/mol. The van der Waals surface area contributed by atoms with E-state index in [1.807, 2.05) is 12.1 Å². The van der Waals surface area contributed by atoms with Crippen LogP contribution in [0.2, 0.25) is 0 Å². The van der Waals surface area contributed by atoms with Crippen LogP contribution in [-0.4, -0.2) is 18.1 Å². The molecule has 0 unspecified atom stereocenters. The van der Waals surface area contributed by atoms with Crippen LogP contribution in [0.25, 0.3) is 0 Å². The highest BCUT2D eigenvalue weighted by Gasteiger charge is 2.13. The molecule has 0 heterocycles. The fourth-order valence-electron chi connectivity index (χ4n) is 1.84. The van der Waals surface area contributed by atoms with Gasteiger partial charge in [-0.3, -0.25) is 4.79 Å². The number of phenolic OH excluding ortho intramolecular Hbond substituents is 1. The Balaban J connectivity index is 2.28. The van der Waals surface area contributed by atoms with Crippen LogP contribution in [0.5, 0.6) is 5.75 Å². The Hall–Kier alpha value is -2.33. The first-order valence-electron chi connectivity index (χ1n) is 5.98. The van der Waals surface area contributed by atoms with Gasteiger partial charge in [0.15, 0.2) is 0 Å². The maximum Gasteiger partial charge on any atom is 0.258 e. The van der Waals surface area contributed by atoms with Crippen molar-refractivity contribution in [2.24, 2.45) is 5.73 Å². The topological polar surface area (TPSA) is 66.6 Å². The predicted molar refractivity (Wildman–Crippen MR) is 75.2 cm³/mol. The van der Waals surface area contributed by atoms with Gasteiger partial charge in [-0.15, -0.1) is 0 Å². The fraction of sp³-hybridized carbons (Fsp3) is 0.133. The lowest BCUT2D eigenvalue weighted by Crippen LogP contribution is -2.26. The van der Waals surface area contributed by atoms with E-state index in [9.17, 15) is 9.90 Å². The number of aromatic hydroxyl groups is 1. The van der Waals surface area contributed by atoms with Gasteiger partial charge >= 0.3 is 0 Å². The third-order valence-corrected chi connectivity index (χ3v) is 2.93. The molecule has 3 N–H and O–H groups in total. The molecular formula is C15H16N2O2. The van der Waals surface area contributed by atoms with E-state index in [4.69, 9.17) is 5.73 Å². The number of benzene rings is 2. The van der Waals surface area contributed by atoms with Crippen molar-refractivity contribution in [2.45, 2.75) is 6.54 Å². The van der Waals surface area contributed by atoms with Gasteiger partial charge in [-0.05, 0) is 29.8 Å². The highest BCUT2D eigenvalue weighted by atomic mass is 16.3. The zero-order valence-corrected chi connectivity index (χ0v) is 10.7. The highest BCUT2D eigenvalue weighted by molar-refractivity contribution is 6.05. The lowest BCUT2D eigenvalue weighted by Gasteiger charge is -2.18. The number of phenols is 1. The first-order valence-corrected chi connectivity index (χ1v) is 5.98. The average molecular weight is 256 g/mol. The zero-order valence-electron chi connectivity index (χ0n) is 10.7. The van der Waals surface area contributed by atoms with Gasteiger partial charge in [-0.1, -0.05) is 18.2 Å². The van der Waals surface area contributed by atoms with Crippen LogP contribution in [0.15, 0.2) is 48.5 Å². The summed E-state index contributed by atoms with van der Waals surface area (Å²) in [5, 5.41) is 9.44. The molecule has 98 valence electrons. The van der Waals surface area contributed by atoms with Crippen LogP contribution < -0.4 is 10.6 Å². The van der Waals surface area contributed by atoms with Crippen molar-refractivity contribution >= 4 is 11.6 Å². The molecule has 19 heavy (non-hydrogen) atoms. The van der Waals surface area contributed by atoms with E-state index in [2.05, 4.69) is 0 Å². The SMILES string of the molecule is CN(C(=O)c1cccc(CN)c1)c1cccc(O)c1. The van der Waals surface area contributed by atoms with Crippen molar-refractivity contribution in [3.05, 3.63) is 59.7 Å². The van der Waals surface area contributed by atoms with E-state index < -0.39 is 0 Å². The molecule has 0 aliphatic carbocycles. The van der Waals surface area contributed by atoms with E-state index >= 15 is 0 Å². The van der Waals surface area contributed by atoms with Crippen molar-refractivity contribution in [1.82, 2.24) is 0 Å². The summed E-state index contributed by atoms with van der Waals surface area (Å²) in [5.74, 6) is -0.00578. The van der Waals surface area contributed by atoms with Crippen molar-refractivity contribution < 1.29 is 9.90 Å². The summed E-state index contributed by atoms with van der Waals surface area (Å²) in [5.41, 5.74) is 7.70. The average Bonchev–Trinajstić information content (AvgIpc) is 2.45. The van der Waals surface area contributed by atoms with Crippen LogP contribution in [0, 0.1) is 0 Å². The third-order valence-electron chi connectivity index (χ3n) is 2.93. The summed E-state index contributed by atoms with van der Waals surface area (Å²) in [7, 11) is 1.67. The molecule has 0 atom stereocenters. The second kappa shape index (κ2) is 5.54. The number of hydrogen-bond acceptors (Lipinski definition) is 3. The number of nitrogens with two attached hydrogens (primary N) is 1. The Bertz CT molecular complexity index is 596. The fourth-order valence-corrected chi connectivity index (χ4v) is 1.84. The molecule has 2 rings (SSSR count). The van der Waals surface area contributed by atoms with Crippen LogP contribution in [0.3, 0.4) is 0 Å². The molecule has 2 aromatic rings. The summed E-state index contributed by atoms with van der Waals surface area (Å²) >= 11 is 0. The number of anilines is 1. The maximum atomic E-state index is 12.3. The number of carbonyl (C=O) groups excluding carboxylic acids is 1. The molecule has 4 nitrogen and oxygen atoms in total. The molecule has 1 amide bonds. The Morgan fingerprint density at radius 3 is 2.63 bits per heavy atom. The van der Waals surface area contributed by atoms with Gasteiger partial charge < -0.3 is 15.7 Å². The van der Waals surface area contributed by atoms with E-state index in [1.54, 1.807) is 43.4 Å². The predicted octanol–water partition coefficient (Wildman–Crippen LogP) is 2.13. The van der Waals surface area contributed by atoms with Crippen molar-refractivity contribution in [3.8, 4) is 5.75 Å². The van der Waals surface area contributed by atoms with Crippen molar-refractivity contribution in [2.75, 3.05) is 11.9 Å². The number of amides is 1. The number of hydrogen-bond donors (Lipinski definition) is 2. The largest absolute Gasteiger partial charge is 0.508 e. The molecule has 0 spiro atoms. The summed E-state index contributed by atoms with van der Waals surface area (Å²) in [4.78, 5) is 13.8. The summed E-state index contributed by atoms with van der Waals surface area (Å²) in [6.45, 7) is 0.400. The maximum absolute atomic E-state index is 12.3. The number of nitrogens with zero attached hydrogens (tertiary/aromatic N) is 1. The number of rotatable bonds is 3. The third kappa shape index (κ3) is 2.92. The first-order chi connectivity index (χ1) is 9.11. The molecule has 0 saturated heterocycles. The normalized spacial score (nSPS) is 10.2. The minimum Gasteiger partial charge on any atom is -0.508 e. The van der Waals surface area contributed by atoms with E-state index in [1.165, 1.54) is 4.90 Å². The van der Waals surface area contributed by atoms with Gasteiger partial charge in [0, 0.05) is 30.9 Å². The van der Waals surface area contributed by atoms with Gasteiger partial charge in [0.25, 0.3) is 5.91 Å². The van der Waals surface area contributed by atoms with E-state index in [0.717, 1.165) is 5.56 Å². The molecule has 0 saturated carbocycles. The monoisotopic (exact) mass is 256 g/mol. The van der Waals surface area contributed by atoms with Gasteiger partial charge in [0.2, 0.25) is 0 Å². The quantitative estimate of drug-likeness (QED) is 0.884. The van der Waals surface area contributed by atoms with E-state index in [-0.39, 0.29) is 11.7 Å². The summed E-state index contributed by atoms with van der Waals surface area (Å²) < 4.78 is 0. The molecule has 0 fully saturated rings. The Kier molecular flexibility index (Phi) is 3.82. The Morgan fingerprint density at radius 2 is 1.95 bits per heavy atom. The molecule has 0 aliphatic heterocycles. The van der Waals surface area contributed by atoms with Gasteiger partial charge in [-0.25, -0.2) is 0 Å². The van der Waals surface area contributed by atoms with Gasteiger partial charge in [-0.2, -0.15) is 0 Å². The summed E-state index contributed by atoms with van der Waals surface area (Å²) in [6, 6.07) is 13.8. The van der Waals surface area contributed by atoms with Crippen LogP contribution in [0.4, 0.5) is 5.69 Å². The molecule has 0 radical (unpaired) electrons. The minimum atomic E-state index is -0.138. The zero-order chi connectivity index (χ0) is 13.8. The van der Waals surface area contributed by atoms with Crippen LogP contribution in [0.1, 0.15) is 15.9 Å². The number of carbonyl (C=O) groups is 1. The highest BCUT2D eigenvalue weighted by Crippen LogP contribution is 2.20. The lowest BCUT2D eigenvalue weighted by molar-refractivity contribution is 0.0993. The summed E-state index contributed by atoms with van der Waals surface area (Å²) in [6.07, 6.45) is 0. The van der Waals surface area contributed by atoms with Gasteiger partial charge in [0.1, 0.15) is 5.75 Å². The second-order valence-electron chi connectivity index (χ2n) is 4.29. The van der Waals surface area contributed by atoms with Gasteiger partial charge in [0.05, 0.1) is 0 Å². The minimum absolute atomic E-state index is 0.132. The molecule has 0 aromatic heterocycles.